The molecule has 2 N–H and O–H groups in total. The van der Waals surface area contributed by atoms with Gasteiger partial charge in [0.1, 0.15) is 0 Å². The molecule has 0 fully saturated rings. The number of hydrogen-bond donors (Lipinski definition) is 2. The molecular weight excluding hydrogens is 871 g/mol. The molecule has 0 aliphatic carbocycles. The van der Waals surface area contributed by atoms with Crippen molar-refractivity contribution >= 4 is 46.4 Å². The van der Waals surface area contributed by atoms with Crippen molar-refractivity contribution in [3.05, 3.63) is 211 Å². The number of halogens is 1. The summed E-state index contributed by atoms with van der Waals surface area (Å²) >= 11 is 0. The Morgan fingerprint density at radius 2 is 0.661 bits per heavy atom. The van der Waals surface area contributed by atoms with Crippen molar-refractivity contribution in [1.29, 1.82) is 0 Å². The predicted molar refractivity (Wildman–Crippen MR) is 246 cm³/mol. The molecule has 0 radical (unpaired) electrons. The summed E-state index contributed by atoms with van der Waals surface area (Å²) in [5, 5.41) is 0. The van der Waals surface area contributed by atoms with Crippen molar-refractivity contribution in [3.8, 4) is 55.9 Å². The second kappa shape index (κ2) is 18.9. The third-order valence-corrected chi connectivity index (χ3v) is 10.5. The minimum absolute atomic E-state index is 0. The van der Waals surface area contributed by atoms with Crippen LogP contribution in [-0.4, -0.2) is 34.9 Å². The number of H-pyrrole nitrogens is 2. The van der Waals surface area contributed by atoms with Gasteiger partial charge in [0.15, 0.2) is 0 Å². The molecule has 9 heteroatoms. The van der Waals surface area contributed by atoms with Gasteiger partial charge in [0.25, 0.3) is 0 Å². The summed E-state index contributed by atoms with van der Waals surface area (Å²) in [7, 11) is 0. The second-order valence-corrected chi connectivity index (χ2v) is 14.3. The van der Waals surface area contributed by atoms with Crippen LogP contribution >= 0.6 is 0 Å². The molecule has 0 atom stereocenters. The van der Waals surface area contributed by atoms with Crippen LogP contribution in [0.25, 0.3) is 102 Å². The Labute approximate surface area is 378 Å². The summed E-state index contributed by atoms with van der Waals surface area (Å²) in [6.45, 7) is 0. The number of aromatic amines is 2. The van der Waals surface area contributed by atoms with Gasteiger partial charge in [0.2, 0.25) is 0 Å². The monoisotopic (exact) mass is 908 g/mol. The minimum atomic E-state index is 0. The van der Waals surface area contributed by atoms with Crippen LogP contribution in [0.4, 0.5) is 0 Å². The van der Waals surface area contributed by atoms with E-state index in [4.69, 9.17) is 9.97 Å². The fraction of sp³-hybridized carbons (Fsp3) is 0. The first-order valence-electron chi connectivity index (χ1n) is 19.8. The Hall–Kier alpha value is -7.38. The van der Waals surface area contributed by atoms with Crippen molar-refractivity contribution in [2.45, 2.75) is 0 Å². The Morgan fingerprint density at radius 3 is 0.984 bits per heavy atom. The van der Waals surface area contributed by atoms with Gasteiger partial charge in [-0.25, -0.2) is 9.97 Å². The smallest absolute Gasteiger partial charge is 1.00 e. The zero-order chi connectivity index (χ0) is 40.1. The van der Waals surface area contributed by atoms with Gasteiger partial charge in [-0.3, -0.25) is 15.0 Å². The Kier molecular flexibility index (Phi) is 12.6. The molecule has 62 heavy (non-hydrogen) atoms. The molecule has 0 spiro atoms. The van der Waals surface area contributed by atoms with Crippen LogP contribution in [0.5, 0.6) is 0 Å². The summed E-state index contributed by atoms with van der Waals surface area (Å²) in [4.78, 5) is 31.1. The number of benzene rings is 3. The van der Waals surface area contributed by atoms with Crippen LogP contribution in [0.2, 0.25) is 0 Å². The van der Waals surface area contributed by atoms with E-state index in [0.717, 1.165) is 101 Å². The van der Waals surface area contributed by atoms with E-state index in [-0.39, 0.29) is 31.9 Å². The molecule has 2 aliphatic rings. The van der Waals surface area contributed by atoms with Gasteiger partial charge in [0, 0.05) is 74.7 Å². The van der Waals surface area contributed by atoms with Crippen LogP contribution in [0.1, 0.15) is 22.8 Å². The first kappa shape index (κ1) is 41.4. The van der Waals surface area contributed by atoms with E-state index in [2.05, 4.69) is 152 Å². The summed E-state index contributed by atoms with van der Waals surface area (Å²) in [5.74, 6) is 0. The molecule has 298 valence electrons. The average molecular weight is 908 g/mol. The molecule has 6 aromatic heterocycles. The molecule has 8 heterocycles. The van der Waals surface area contributed by atoms with Gasteiger partial charge in [0.05, 0.1) is 34.2 Å². The van der Waals surface area contributed by atoms with Gasteiger partial charge in [-0.2, -0.15) is 0 Å². The van der Waals surface area contributed by atoms with Gasteiger partial charge >= 0.3 is 19.5 Å². The number of nitrogens with one attached hydrogen (secondary N) is 2. The topological polar surface area (TPSA) is 96.0 Å². The molecule has 0 amide bonds. The normalized spacial score (nSPS) is 11.2. The molecule has 9 aromatic rings. The van der Waals surface area contributed by atoms with Gasteiger partial charge < -0.3 is 22.4 Å². The quantitative estimate of drug-likeness (QED) is 0.168. The molecule has 0 saturated heterocycles. The van der Waals surface area contributed by atoms with E-state index in [9.17, 15) is 0 Å². The number of hydrogen-bond acceptors (Lipinski definition) is 5. The minimum Gasteiger partial charge on any atom is -1.00 e. The van der Waals surface area contributed by atoms with Crippen molar-refractivity contribution < 1.29 is 31.9 Å². The second-order valence-electron chi connectivity index (χ2n) is 14.3. The van der Waals surface area contributed by atoms with Crippen LogP contribution in [0.3, 0.4) is 0 Å². The summed E-state index contributed by atoms with van der Waals surface area (Å²) in [6.07, 6.45) is 15.7. The fourth-order valence-corrected chi connectivity index (χ4v) is 7.77. The zero-order valence-electron chi connectivity index (χ0n) is 33.2. The molecule has 2 aliphatic heterocycles. The number of aromatic nitrogens is 7. The van der Waals surface area contributed by atoms with E-state index in [1.807, 2.05) is 66.9 Å². The number of nitrogens with zero attached hydrogens (tertiary/aromatic N) is 5. The molecule has 3 aromatic carbocycles. The van der Waals surface area contributed by atoms with Crippen LogP contribution in [0.15, 0.2) is 189 Å². The maximum atomic E-state index is 5.34. The van der Waals surface area contributed by atoms with Crippen molar-refractivity contribution in [2.75, 3.05) is 0 Å². The maximum absolute atomic E-state index is 5.34. The molecule has 11 rings (SSSR count). The molecular formula is C53H37ClN7Ru+. The zero-order valence-corrected chi connectivity index (χ0v) is 35.7. The first-order valence-corrected chi connectivity index (χ1v) is 19.8. The van der Waals surface area contributed by atoms with Crippen molar-refractivity contribution in [3.63, 3.8) is 0 Å². The molecule has 7 nitrogen and oxygen atoms in total. The van der Waals surface area contributed by atoms with E-state index >= 15 is 0 Å². The number of pyridine rings is 3. The van der Waals surface area contributed by atoms with E-state index in [1.54, 1.807) is 18.6 Å². The van der Waals surface area contributed by atoms with Crippen LogP contribution < -0.4 is 12.4 Å². The van der Waals surface area contributed by atoms with Crippen LogP contribution in [-0.2, 0) is 19.5 Å². The third kappa shape index (κ3) is 8.48. The summed E-state index contributed by atoms with van der Waals surface area (Å²) < 4.78 is 0. The third-order valence-electron chi connectivity index (χ3n) is 10.5. The van der Waals surface area contributed by atoms with E-state index in [0.29, 0.717) is 0 Å². The van der Waals surface area contributed by atoms with Gasteiger partial charge in [-0.1, -0.05) is 109 Å². The van der Waals surface area contributed by atoms with Gasteiger partial charge in [-0.15, -0.1) is 0 Å². The largest absolute Gasteiger partial charge is 2.00 e. The van der Waals surface area contributed by atoms with E-state index < -0.39 is 0 Å². The predicted octanol–water partition coefficient (Wildman–Crippen LogP) is 9.86. The summed E-state index contributed by atoms with van der Waals surface area (Å²) in [6, 6.07) is 55.6. The molecule has 0 unspecified atom stereocenters. The first-order chi connectivity index (χ1) is 29.8. The van der Waals surface area contributed by atoms with Crippen LogP contribution in [0, 0.1) is 0 Å². The Balaban J connectivity index is 0.000000327. The SMILES string of the molecule is C1=Cc2nc1c(-c1ccccc1)c1ccc([nH]1)c(-c1ccccc1)c1nc(c(-c3cccnc3)c3ccc([nH]3)c2-c2ccccc2)C=C1.[Cl-].[Ru+2].c1ccc(-c2ccccn2)nc1. The standard InChI is InChI=1S/C43H29N5.C10H8N2.ClH.Ru/c1-4-11-28(12-5-1)40-32-18-20-34(45-32)41(29-13-6-2-7-14-29)36-22-24-38(47-36)43(31-17-10-26-44-27-31)39-25-23-37(48-39)42(30-15-8-3-9-16-30)35-21-19-33(40)46-35;1-3-7-11-9(5-1)10-6-2-4-8-12-10;;/h1-27,45,48H;1-8H;1H;/q;;;+2/p-1. The number of rotatable bonds is 5. The number of fused-ring (bicyclic) bond motifs is 8. The molecule has 8 bridgehead atoms. The molecule has 0 saturated carbocycles. The average Bonchev–Trinajstić information content (AvgIpc) is 4.17. The fourth-order valence-electron chi connectivity index (χ4n) is 7.77. The van der Waals surface area contributed by atoms with E-state index in [1.165, 1.54) is 0 Å². The Bertz CT molecular complexity index is 2790. The Morgan fingerprint density at radius 1 is 0.323 bits per heavy atom. The van der Waals surface area contributed by atoms with Gasteiger partial charge in [-0.05, 0) is 95.6 Å². The summed E-state index contributed by atoms with van der Waals surface area (Å²) in [5.41, 5.74) is 17.6. The van der Waals surface area contributed by atoms with Crippen molar-refractivity contribution in [2.24, 2.45) is 0 Å². The maximum Gasteiger partial charge on any atom is 2.00 e. The van der Waals surface area contributed by atoms with Crippen molar-refractivity contribution in [1.82, 2.24) is 34.9 Å².